The monoisotopic (exact) mass is 423 g/mol. The van der Waals surface area contributed by atoms with Crippen molar-refractivity contribution >= 4 is 29.3 Å². The molecule has 2 aromatic heterocycles. The Balaban J connectivity index is 0.00000280. The van der Waals surface area contributed by atoms with Crippen LogP contribution in [0.15, 0.2) is 17.3 Å². The Morgan fingerprint density at radius 2 is 2.04 bits per heavy atom. The van der Waals surface area contributed by atoms with E-state index < -0.39 is 36.8 Å². The summed E-state index contributed by atoms with van der Waals surface area (Å²) in [5.74, 6) is -0.688. The molecule has 3 heterocycles. The van der Waals surface area contributed by atoms with Crippen molar-refractivity contribution < 1.29 is 18.0 Å². The average molecular weight is 424 g/mol. The van der Waals surface area contributed by atoms with E-state index in [9.17, 15) is 22.8 Å². The van der Waals surface area contributed by atoms with Crippen molar-refractivity contribution in [2.45, 2.75) is 18.8 Å². The molecule has 0 bridgehead atoms. The molecule has 0 saturated carbocycles. The van der Waals surface area contributed by atoms with Gasteiger partial charge in [0.15, 0.2) is 5.65 Å². The molecule has 156 valence electrons. The van der Waals surface area contributed by atoms with Crippen LogP contribution in [0, 0.1) is 0 Å². The molecule has 0 radical (unpaired) electrons. The lowest BCUT2D eigenvalue weighted by atomic mass is 10.2. The minimum Gasteiger partial charge on any atom is -0.353 e. The molecule has 3 rings (SSSR count). The second kappa shape index (κ2) is 8.88. The van der Waals surface area contributed by atoms with Gasteiger partial charge in [-0.1, -0.05) is 0 Å². The van der Waals surface area contributed by atoms with Gasteiger partial charge in [0.25, 0.3) is 5.56 Å². The topological polar surface area (TPSA) is 97.1 Å². The first-order valence-corrected chi connectivity index (χ1v) is 8.42. The molecule has 2 aromatic rings. The third-order valence-corrected chi connectivity index (χ3v) is 4.49. The van der Waals surface area contributed by atoms with Crippen LogP contribution in [0.5, 0.6) is 0 Å². The van der Waals surface area contributed by atoms with E-state index in [1.165, 1.54) is 22.1 Å². The molecular formula is C15H21ClF3N7O2. The molecule has 1 atom stereocenters. The molecule has 1 amide bonds. The molecule has 1 unspecified atom stereocenters. The summed E-state index contributed by atoms with van der Waals surface area (Å²) in [7, 11) is 1.62. The van der Waals surface area contributed by atoms with Gasteiger partial charge in [-0.2, -0.15) is 18.3 Å². The SMILES string of the molecule is Cl.Cn1ncc2c(=O)n(CC(=O)NCC(N3CCNCC3)C(F)(F)F)cnc21. The molecular weight excluding hydrogens is 403 g/mol. The molecule has 9 nitrogen and oxygen atoms in total. The number of carbonyl (C=O) groups is 1. The third kappa shape index (κ3) is 4.80. The van der Waals surface area contributed by atoms with Gasteiger partial charge >= 0.3 is 6.18 Å². The van der Waals surface area contributed by atoms with Crippen LogP contribution in [-0.4, -0.2) is 75.1 Å². The Labute approximate surface area is 164 Å². The number of hydrogen-bond acceptors (Lipinski definition) is 6. The number of fused-ring (bicyclic) bond motifs is 1. The van der Waals surface area contributed by atoms with Crippen molar-refractivity contribution in [3.05, 3.63) is 22.9 Å². The summed E-state index contributed by atoms with van der Waals surface area (Å²) in [5.41, 5.74) is -0.106. The van der Waals surface area contributed by atoms with Gasteiger partial charge in [0, 0.05) is 39.8 Å². The van der Waals surface area contributed by atoms with E-state index in [1.807, 2.05) is 0 Å². The van der Waals surface area contributed by atoms with E-state index in [0.717, 1.165) is 4.57 Å². The minimum atomic E-state index is -4.46. The Morgan fingerprint density at radius 3 is 2.68 bits per heavy atom. The fourth-order valence-corrected chi connectivity index (χ4v) is 3.05. The molecule has 28 heavy (non-hydrogen) atoms. The zero-order valence-corrected chi connectivity index (χ0v) is 15.9. The van der Waals surface area contributed by atoms with Gasteiger partial charge in [-0.3, -0.25) is 23.7 Å². The largest absolute Gasteiger partial charge is 0.405 e. The zero-order valence-electron chi connectivity index (χ0n) is 15.1. The Morgan fingerprint density at radius 1 is 1.36 bits per heavy atom. The lowest BCUT2D eigenvalue weighted by molar-refractivity contribution is -0.184. The second-order valence-corrected chi connectivity index (χ2v) is 6.33. The van der Waals surface area contributed by atoms with Crippen molar-refractivity contribution in [1.82, 2.24) is 34.9 Å². The normalized spacial score (nSPS) is 16.6. The Kier molecular flexibility index (Phi) is 7.01. The smallest absolute Gasteiger partial charge is 0.353 e. The van der Waals surface area contributed by atoms with Crippen LogP contribution in [0.1, 0.15) is 0 Å². The minimum absolute atomic E-state index is 0. The number of piperazine rings is 1. The maximum Gasteiger partial charge on any atom is 0.405 e. The van der Waals surface area contributed by atoms with E-state index in [-0.39, 0.29) is 30.9 Å². The third-order valence-electron chi connectivity index (χ3n) is 4.49. The van der Waals surface area contributed by atoms with Crippen molar-refractivity contribution in [1.29, 1.82) is 0 Å². The summed E-state index contributed by atoms with van der Waals surface area (Å²) in [4.78, 5) is 29.8. The van der Waals surface area contributed by atoms with E-state index in [1.54, 1.807) is 7.05 Å². The number of hydrogen-bond donors (Lipinski definition) is 2. The first-order valence-electron chi connectivity index (χ1n) is 8.42. The molecule has 13 heteroatoms. The number of halogens is 4. The fraction of sp³-hybridized carbons (Fsp3) is 0.600. The van der Waals surface area contributed by atoms with Gasteiger partial charge < -0.3 is 10.6 Å². The van der Waals surface area contributed by atoms with Crippen LogP contribution in [0.25, 0.3) is 11.0 Å². The molecule has 1 fully saturated rings. The van der Waals surface area contributed by atoms with Crippen molar-refractivity contribution in [3.8, 4) is 0 Å². The van der Waals surface area contributed by atoms with Crippen molar-refractivity contribution in [3.63, 3.8) is 0 Å². The highest BCUT2D eigenvalue weighted by Crippen LogP contribution is 2.24. The second-order valence-electron chi connectivity index (χ2n) is 6.33. The molecule has 0 aliphatic carbocycles. The van der Waals surface area contributed by atoms with Gasteiger partial charge in [0.2, 0.25) is 5.91 Å². The molecule has 0 aromatic carbocycles. The number of aryl methyl sites for hydroxylation is 1. The van der Waals surface area contributed by atoms with E-state index in [0.29, 0.717) is 18.7 Å². The van der Waals surface area contributed by atoms with E-state index in [4.69, 9.17) is 0 Å². The first kappa shape index (κ1) is 22.1. The molecule has 2 N–H and O–H groups in total. The molecule has 1 saturated heterocycles. The molecule has 0 spiro atoms. The number of amides is 1. The van der Waals surface area contributed by atoms with Gasteiger partial charge in [-0.05, 0) is 0 Å². The number of aromatic nitrogens is 4. The number of nitrogens with zero attached hydrogens (tertiary/aromatic N) is 5. The summed E-state index contributed by atoms with van der Waals surface area (Å²) in [6.07, 6.45) is -1.94. The summed E-state index contributed by atoms with van der Waals surface area (Å²) < 4.78 is 42.5. The number of alkyl halides is 3. The lowest BCUT2D eigenvalue weighted by Crippen LogP contribution is -2.57. The zero-order chi connectivity index (χ0) is 19.6. The number of nitrogens with one attached hydrogen (secondary N) is 2. The predicted octanol–water partition coefficient (Wildman–Crippen LogP) is -0.496. The highest BCUT2D eigenvalue weighted by molar-refractivity contribution is 5.85. The summed E-state index contributed by atoms with van der Waals surface area (Å²) in [6.45, 7) is 0.448. The summed E-state index contributed by atoms with van der Waals surface area (Å²) in [5, 5.41) is 9.44. The van der Waals surface area contributed by atoms with Crippen molar-refractivity contribution in [2.24, 2.45) is 7.05 Å². The van der Waals surface area contributed by atoms with Crippen LogP contribution in [0.3, 0.4) is 0 Å². The van der Waals surface area contributed by atoms with Crippen LogP contribution in [0.2, 0.25) is 0 Å². The average Bonchev–Trinajstić information content (AvgIpc) is 2.99. The number of rotatable bonds is 5. The summed E-state index contributed by atoms with van der Waals surface area (Å²) in [6, 6.07) is -1.76. The summed E-state index contributed by atoms with van der Waals surface area (Å²) >= 11 is 0. The van der Waals surface area contributed by atoms with Gasteiger partial charge in [-0.15, -0.1) is 12.4 Å². The van der Waals surface area contributed by atoms with Crippen LogP contribution in [-0.2, 0) is 18.4 Å². The Hall–Kier alpha value is -2.18. The standard InChI is InChI=1S/C15H20F3N7O2.ClH/c1-23-13-10(6-22-23)14(27)25(9-21-13)8-12(26)20-7-11(15(16,17)18)24-4-2-19-3-5-24;/h6,9,11,19H,2-5,7-8H2,1H3,(H,20,26);1H. The lowest BCUT2D eigenvalue weighted by Gasteiger charge is -2.35. The fourth-order valence-electron chi connectivity index (χ4n) is 3.05. The van der Waals surface area contributed by atoms with Crippen LogP contribution in [0.4, 0.5) is 13.2 Å². The number of carbonyl (C=O) groups excluding carboxylic acids is 1. The van der Waals surface area contributed by atoms with Crippen LogP contribution >= 0.6 is 12.4 Å². The highest BCUT2D eigenvalue weighted by Gasteiger charge is 2.43. The maximum absolute atomic E-state index is 13.3. The maximum atomic E-state index is 13.3. The van der Waals surface area contributed by atoms with Crippen LogP contribution < -0.4 is 16.2 Å². The molecule has 1 aliphatic rings. The van der Waals surface area contributed by atoms with Gasteiger partial charge in [0.05, 0.1) is 6.20 Å². The van der Waals surface area contributed by atoms with Gasteiger partial charge in [-0.25, -0.2) is 4.98 Å². The molecule has 1 aliphatic heterocycles. The predicted molar refractivity (Wildman–Crippen MR) is 97.3 cm³/mol. The Bertz CT molecular complexity index is 877. The first-order chi connectivity index (χ1) is 12.8. The van der Waals surface area contributed by atoms with Gasteiger partial charge in [0.1, 0.15) is 24.3 Å². The van der Waals surface area contributed by atoms with E-state index in [2.05, 4.69) is 20.7 Å². The highest BCUT2D eigenvalue weighted by atomic mass is 35.5. The van der Waals surface area contributed by atoms with Crippen molar-refractivity contribution in [2.75, 3.05) is 32.7 Å². The quantitative estimate of drug-likeness (QED) is 0.673. The van der Waals surface area contributed by atoms with E-state index >= 15 is 0 Å².